The average molecular weight is 280 g/mol. The van der Waals surface area contributed by atoms with Crippen LogP contribution in [0, 0.1) is 0 Å². The van der Waals surface area contributed by atoms with Crippen LogP contribution in [0.1, 0.15) is 32.1 Å². The first-order valence-corrected chi connectivity index (χ1v) is 8.65. The summed E-state index contributed by atoms with van der Waals surface area (Å²) in [7, 11) is 2.24. The second-order valence-corrected chi connectivity index (χ2v) is 7.09. The van der Waals surface area contributed by atoms with E-state index in [-0.39, 0.29) is 0 Å². The van der Waals surface area contributed by atoms with E-state index >= 15 is 0 Å². The van der Waals surface area contributed by atoms with Crippen molar-refractivity contribution >= 4 is 0 Å². The van der Waals surface area contributed by atoms with Gasteiger partial charge in [0.25, 0.3) is 0 Å². The third-order valence-electron chi connectivity index (χ3n) is 5.75. The van der Waals surface area contributed by atoms with Crippen LogP contribution in [0.4, 0.5) is 0 Å². The smallest absolute Gasteiger partial charge is 0.0335 e. The molecule has 0 radical (unpaired) electrons. The molecule has 116 valence electrons. The van der Waals surface area contributed by atoms with Crippen molar-refractivity contribution in [3.05, 3.63) is 0 Å². The van der Waals surface area contributed by atoms with Gasteiger partial charge in [-0.25, -0.2) is 0 Å². The highest BCUT2D eigenvalue weighted by Crippen LogP contribution is 2.34. The van der Waals surface area contributed by atoms with Crippen LogP contribution in [0.3, 0.4) is 0 Å². The van der Waals surface area contributed by atoms with Crippen LogP contribution in [-0.2, 0) is 0 Å². The predicted molar refractivity (Wildman–Crippen MR) is 84.2 cm³/mol. The van der Waals surface area contributed by atoms with E-state index in [4.69, 9.17) is 0 Å². The molecule has 0 aromatic rings. The molecule has 0 unspecified atom stereocenters. The molecule has 2 aliphatic heterocycles. The molecule has 3 aliphatic rings. The second-order valence-electron chi connectivity index (χ2n) is 7.09. The van der Waals surface area contributed by atoms with Crippen LogP contribution >= 0.6 is 0 Å². The van der Waals surface area contributed by atoms with Crippen molar-refractivity contribution in [2.45, 2.75) is 37.6 Å². The monoisotopic (exact) mass is 280 g/mol. The van der Waals surface area contributed by atoms with Gasteiger partial charge in [0.15, 0.2) is 0 Å². The average Bonchev–Trinajstić information content (AvgIpc) is 2.49. The van der Waals surface area contributed by atoms with E-state index in [2.05, 4.69) is 27.1 Å². The fourth-order valence-electron chi connectivity index (χ4n) is 4.27. The van der Waals surface area contributed by atoms with Crippen LogP contribution in [0.15, 0.2) is 0 Å². The Morgan fingerprint density at radius 2 is 1.65 bits per heavy atom. The quantitative estimate of drug-likeness (QED) is 0.827. The highest BCUT2D eigenvalue weighted by Gasteiger charge is 2.39. The van der Waals surface area contributed by atoms with Gasteiger partial charge in [0.2, 0.25) is 0 Å². The molecular weight excluding hydrogens is 248 g/mol. The Morgan fingerprint density at radius 3 is 2.40 bits per heavy atom. The highest BCUT2D eigenvalue weighted by molar-refractivity contribution is 4.98. The molecule has 0 bridgehead atoms. The number of hydrogen-bond acceptors (Lipinski definition) is 4. The van der Waals surface area contributed by atoms with E-state index in [1.165, 1.54) is 91.0 Å². The fourth-order valence-corrected chi connectivity index (χ4v) is 4.27. The number of piperazine rings is 2. The normalized spacial score (nSPS) is 29.9. The first-order chi connectivity index (χ1) is 9.78. The lowest BCUT2D eigenvalue weighted by molar-refractivity contribution is 0.0166. The third-order valence-corrected chi connectivity index (χ3v) is 5.75. The SMILES string of the molecule is CN1CCN(CCN2CCNCC23CCCCC3)CC1. The molecule has 1 spiro atoms. The highest BCUT2D eigenvalue weighted by atomic mass is 15.3. The Balaban J connectivity index is 1.52. The molecule has 1 saturated carbocycles. The first kappa shape index (κ1) is 14.8. The number of rotatable bonds is 3. The summed E-state index contributed by atoms with van der Waals surface area (Å²) >= 11 is 0. The molecule has 4 nitrogen and oxygen atoms in total. The summed E-state index contributed by atoms with van der Waals surface area (Å²) < 4.78 is 0. The van der Waals surface area contributed by atoms with Gasteiger partial charge in [0, 0.05) is 64.4 Å². The van der Waals surface area contributed by atoms with Crippen molar-refractivity contribution in [1.29, 1.82) is 0 Å². The van der Waals surface area contributed by atoms with Crippen molar-refractivity contribution < 1.29 is 0 Å². The van der Waals surface area contributed by atoms with Gasteiger partial charge in [0.05, 0.1) is 0 Å². The van der Waals surface area contributed by atoms with Gasteiger partial charge >= 0.3 is 0 Å². The molecule has 1 aliphatic carbocycles. The van der Waals surface area contributed by atoms with E-state index in [1.54, 1.807) is 0 Å². The topological polar surface area (TPSA) is 21.8 Å². The van der Waals surface area contributed by atoms with E-state index in [9.17, 15) is 0 Å². The zero-order valence-electron chi connectivity index (χ0n) is 13.2. The Labute approximate surface area is 124 Å². The zero-order valence-corrected chi connectivity index (χ0v) is 13.2. The first-order valence-electron chi connectivity index (χ1n) is 8.65. The molecule has 0 atom stereocenters. The van der Waals surface area contributed by atoms with Crippen molar-refractivity contribution in [2.24, 2.45) is 0 Å². The summed E-state index contributed by atoms with van der Waals surface area (Å²) in [5.41, 5.74) is 0.503. The van der Waals surface area contributed by atoms with Crippen LogP contribution < -0.4 is 5.32 Å². The number of likely N-dealkylation sites (N-methyl/N-ethyl adjacent to an activating group) is 1. The summed E-state index contributed by atoms with van der Waals surface area (Å²) in [6.45, 7) is 11.2. The number of hydrogen-bond donors (Lipinski definition) is 1. The Bertz CT molecular complexity index is 285. The summed E-state index contributed by atoms with van der Waals surface area (Å²) in [4.78, 5) is 7.95. The maximum atomic E-state index is 3.66. The molecule has 1 N–H and O–H groups in total. The third kappa shape index (κ3) is 3.35. The lowest BCUT2D eigenvalue weighted by Gasteiger charge is -2.50. The summed E-state index contributed by atoms with van der Waals surface area (Å²) in [5, 5.41) is 3.66. The molecule has 20 heavy (non-hydrogen) atoms. The van der Waals surface area contributed by atoms with Crippen molar-refractivity contribution in [1.82, 2.24) is 20.0 Å². The minimum atomic E-state index is 0.503. The van der Waals surface area contributed by atoms with Gasteiger partial charge in [-0.15, -0.1) is 0 Å². The lowest BCUT2D eigenvalue weighted by atomic mass is 9.79. The maximum absolute atomic E-state index is 3.66. The van der Waals surface area contributed by atoms with Crippen LogP contribution in [0.25, 0.3) is 0 Å². The van der Waals surface area contributed by atoms with Crippen LogP contribution in [0.5, 0.6) is 0 Å². The van der Waals surface area contributed by atoms with Crippen LogP contribution in [0.2, 0.25) is 0 Å². The summed E-state index contributed by atoms with van der Waals surface area (Å²) in [5.74, 6) is 0. The molecule has 3 rings (SSSR count). The standard InChI is InChI=1S/C16H32N4/c1-18-9-11-19(12-10-18)13-14-20-8-7-17-15-16(20)5-3-2-4-6-16/h17H,2-15H2,1H3. The van der Waals surface area contributed by atoms with Gasteiger partial charge in [-0.05, 0) is 19.9 Å². The molecule has 2 saturated heterocycles. The van der Waals surface area contributed by atoms with Gasteiger partial charge < -0.3 is 10.2 Å². The van der Waals surface area contributed by atoms with Gasteiger partial charge in [-0.3, -0.25) is 9.80 Å². The van der Waals surface area contributed by atoms with E-state index < -0.39 is 0 Å². The minimum absolute atomic E-state index is 0.503. The van der Waals surface area contributed by atoms with E-state index in [1.807, 2.05) is 0 Å². The molecule has 4 heteroatoms. The van der Waals surface area contributed by atoms with E-state index in [0.29, 0.717) is 5.54 Å². The lowest BCUT2D eigenvalue weighted by Crippen LogP contribution is -2.63. The molecule has 0 aromatic heterocycles. The number of nitrogens with zero attached hydrogens (tertiary/aromatic N) is 3. The second kappa shape index (κ2) is 6.73. The Kier molecular flexibility index (Phi) is 4.97. The minimum Gasteiger partial charge on any atom is -0.314 e. The summed E-state index contributed by atoms with van der Waals surface area (Å²) in [6.07, 6.45) is 7.17. The molecule has 0 amide bonds. The summed E-state index contributed by atoms with van der Waals surface area (Å²) in [6, 6.07) is 0. The zero-order chi connectivity index (χ0) is 13.8. The fraction of sp³-hybridized carbons (Fsp3) is 1.00. The maximum Gasteiger partial charge on any atom is 0.0335 e. The molecule has 2 heterocycles. The van der Waals surface area contributed by atoms with Crippen molar-refractivity contribution in [3.63, 3.8) is 0 Å². The number of nitrogens with one attached hydrogen (secondary N) is 1. The molecular formula is C16H32N4. The Hall–Kier alpha value is -0.160. The van der Waals surface area contributed by atoms with Crippen molar-refractivity contribution in [3.8, 4) is 0 Å². The van der Waals surface area contributed by atoms with Crippen LogP contribution in [-0.4, -0.2) is 86.2 Å². The van der Waals surface area contributed by atoms with Crippen molar-refractivity contribution in [2.75, 3.05) is 66.0 Å². The van der Waals surface area contributed by atoms with Gasteiger partial charge in [-0.2, -0.15) is 0 Å². The predicted octanol–water partition coefficient (Wildman–Crippen LogP) is 0.842. The van der Waals surface area contributed by atoms with Gasteiger partial charge in [0.1, 0.15) is 0 Å². The van der Waals surface area contributed by atoms with Gasteiger partial charge in [-0.1, -0.05) is 19.3 Å². The molecule has 3 fully saturated rings. The molecule has 0 aromatic carbocycles. The largest absolute Gasteiger partial charge is 0.314 e. The van der Waals surface area contributed by atoms with E-state index in [0.717, 1.165) is 0 Å². The Morgan fingerprint density at radius 1 is 0.900 bits per heavy atom.